The molecular weight excluding hydrogens is 330 g/mol. The van der Waals surface area contributed by atoms with Gasteiger partial charge in [0, 0.05) is 13.1 Å². The Kier molecular flexibility index (Phi) is 7.21. The first kappa shape index (κ1) is 19.5. The van der Waals surface area contributed by atoms with Crippen molar-refractivity contribution >= 4 is 11.9 Å². The summed E-state index contributed by atoms with van der Waals surface area (Å²) in [6.45, 7) is 2.54. The average molecular weight is 355 g/mol. The Balaban J connectivity index is 2.12. The van der Waals surface area contributed by atoms with Gasteiger partial charge in [-0.05, 0) is 23.3 Å². The molecule has 2 rings (SSSR count). The first-order valence-corrected chi connectivity index (χ1v) is 8.56. The predicted octanol–water partition coefficient (Wildman–Crippen LogP) is 3.08. The molecule has 2 aromatic rings. The Labute approximate surface area is 154 Å². The lowest BCUT2D eigenvalue weighted by atomic mass is 10.1. The van der Waals surface area contributed by atoms with Crippen LogP contribution in [0.3, 0.4) is 0 Å². The number of rotatable bonds is 8. The molecule has 0 spiro atoms. The summed E-state index contributed by atoms with van der Waals surface area (Å²) in [5.41, 5.74) is 1.92. The number of nitrogens with zero attached hydrogens (tertiary/aromatic N) is 1. The van der Waals surface area contributed by atoms with Crippen molar-refractivity contribution in [2.75, 3.05) is 20.8 Å². The zero-order chi connectivity index (χ0) is 18.9. The van der Waals surface area contributed by atoms with Crippen LogP contribution in [0.15, 0.2) is 54.6 Å². The average Bonchev–Trinajstić information content (AvgIpc) is 2.68. The van der Waals surface area contributed by atoms with E-state index in [2.05, 4.69) is 0 Å². The van der Waals surface area contributed by atoms with E-state index in [1.54, 1.807) is 18.9 Å². The van der Waals surface area contributed by atoms with Crippen LogP contribution in [-0.4, -0.2) is 37.5 Å². The van der Waals surface area contributed by atoms with Crippen molar-refractivity contribution in [2.45, 2.75) is 19.9 Å². The number of methoxy groups -OCH3 is 2. The van der Waals surface area contributed by atoms with E-state index in [1.165, 1.54) is 7.11 Å². The third-order valence-electron chi connectivity index (χ3n) is 4.18. The number of benzene rings is 2. The van der Waals surface area contributed by atoms with Crippen molar-refractivity contribution in [1.29, 1.82) is 0 Å². The van der Waals surface area contributed by atoms with Crippen LogP contribution in [0.4, 0.5) is 0 Å². The summed E-state index contributed by atoms with van der Waals surface area (Å²) in [4.78, 5) is 26.3. The molecule has 0 aromatic heterocycles. The largest absolute Gasteiger partial charge is 0.497 e. The smallest absolute Gasteiger partial charge is 0.310 e. The van der Waals surface area contributed by atoms with Gasteiger partial charge in [0.15, 0.2) is 0 Å². The first-order valence-electron chi connectivity index (χ1n) is 8.56. The molecule has 0 saturated carbocycles. The first-order chi connectivity index (χ1) is 12.5. The van der Waals surface area contributed by atoms with E-state index in [4.69, 9.17) is 9.47 Å². The number of hydrogen-bond donors (Lipinski definition) is 0. The van der Waals surface area contributed by atoms with E-state index < -0.39 is 0 Å². The Morgan fingerprint density at radius 1 is 0.962 bits per heavy atom. The van der Waals surface area contributed by atoms with Gasteiger partial charge in [-0.1, -0.05) is 49.4 Å². The maximum Gasteiger partial charge on any atom is 0.310 e. The second-order valence-corrected chi connectivity index (χ2v) is 6.21. The molecular formula is C21H25NO4. The van der Waals surface area contributed by atoms with E-state index in [9.17, 15) is 9.59 Å². The minimum absolute atomic E-state index is 0.0326. The van der Waals surface area contributed by atoms with Crippen LogP contribution in [0.1, 0.15) is 18.1 Å². The van der Waals surface area contributed by atoms with Crippen molar-refractivity contribution < 1.29 is 19.1 Å². The topological polar surface area (TPSA) is 55.8 Å². The molecule has 0 fully saturated rings. The molecule has 5 heteroatoms. The van der Waals surface area contributed by atoms with Crippen LogP contribution in [0.25, 0.3) is 0 Å². The van der Waals surface area contributed by atoms with Gasteiger partial charge in [-0.15, -0.1) is 0 Å². The Morgan fingerprint density at radius 3 is 2.19 bits per heavy atom. The van der Waals surface area contributed by atoms with Gasteiger partial charge in [-0.2, -0.15) is 0 Å². The molecule has 0 heterocycles. The highest BCUT2D eigenvalue weighted by Gasteiger charge is 2.22. The molecule has 0 aliphatic carbocycles. The molecule has 1 unspecified atom stereocenters. The van der Waals surface area contributed by atoms with E-state index in [0.717, 1.165) is 16.9 Å². The van der Waals surface area contributed by atoms with Crippen molar-refractivity contribution in [2.24, 2.45) is 5.92 Å². The molecule has 0 aliphatic rings. The van der Waals surface area contributed by atoms with Crippen molar-refractivity contribution in [3.63, 3.8) is 0 Å². The molecule has 26 heavy (non-hydrogen) atoms. The van der Waals surface area contributed by atoms with Gasteiger partial charge < -0.3 is 14.4 Å². The summed E-state index contributed by atoms with van der Waals surface area (Å²) in [6.07, 6.45) is 0.269. The molecule has 0 aliphatic heterocycles. The predicted molar refractivity (Wildman–Crippen MR) is 99.7 cm³/mol. The summed E-state index contributed by atoms with van der Waals surface area (Å²) in [5.74, 6) is 0.0141. The van der Waals surface area contributed by atoms with Crippen LogP contribution in [-0.2, 0) is 27.3 Å². The maximum atomic E-state index is 12.9. The number of esters is 1. The molecule has 0 bridgehead atoms. The van der Waals surface area contributed by atoms with Crippen LogP contribution in [0.5, 0.6) is 5.75 Å². The van der Waals surface area contributed by atoms with Crippen LogP contribution in [0.2, 0.25) is 0 Å². The molecule has 0 N–H and O–H groups in total. The lowest BCUT2D eigenvalue weighted by Crippen LogP contribution is -2.37. The number of amides is 1. The number of ether oxygens (including phenoxy) is 2. The monoisotopic (exact) mass is 355 g/mol. The highest BCUT2D eigenvalue weighted by atomic mass is 16.5. The number of carbonyl (C=O) groups excluding carboxylic acids is 2. The molecule has 0 radical (unpaired) electrons. The maximum absolute atomic E-state index is 12.9. The number of hydrogen-bond acceptors (Lipinski definition) is 4. The van der Waals surface area contributed by atoms with Gasteiger partial charge in [0.2, 0.25) is 5.91 Å². The fourth-order valence-electron chi connectivity index (χ4n) is 2.69. The highest BCUT2D eigenvalue weighted by Crippen LogP contribution is 2.15. The Hall–Kier alpha value is -2.82. The fourth-order valence-corrected chi connectivity index (χ4v) is 2.69. The van der Waals surface area contributed by atoms with E-state index in [-0.39, 0.29) is 24.2 Å². The number of carbonyl (C=O) groups is 2. The van der Waals surface area contributed by atoms with E-state index >= 15 is 0 Å². The van der Waals surface area contributed by atoms with Crippen LogP contribution >= 0.6 is 0 Å². The second-order valence-electron chi connectivity index (χ2n) is 6.21. The zero-order valence-electron chi connectivity index (χ0n) is 15.5. The van der Waals surface area contributed by atoms with Crippen molar-refractivity contribution in [3.8, 4) is 5.75 Å². The van der Waals surface area contributed by atoms with Crippen LogP contribution < -0.4 is 4.74 Å². The normalized spacial score (nSPS) is 11.5. The van der Waals surface area contributed by atoms with Gasteiger partial charge in [0.05, 0.1) is 26.6 Å². The molecule has 138 valence electrons. The molecule has 5 nitrogen and oxygen atoms in total. The standard InChI is InChI=1S/C21H25NO4/c1-16(21(24)26-3)14-22(15-18-7-5-4-6-8-18)20(23)13-17-9-11-19(25-2)12-10-17/h4-12,16H,13-15H2,1-3H3. The summed E-state index contributed by atoms with van der Waals surface area (Å²) in [5, 5.41) is 0. The van der Waals surface area contributed by atoms with Gasteiger partial charge >= 0.3 is 5.97 Å². The molecule has 0 saturated heterocycles. The lowest BCUT2D eigenvalue weighted by molar-refractivity contribution is -0.146. The van der Waals surface area contributed by atoms with Crippen molar-refractivity contribution in [3.05, 3.63) is 65.7 Å². The fraction of sp³-hybridized carbons (Fsp3) is 0.333. The second kappa shape index (κ2) is 9.61. The summed E-state index contributed by atoms with van der Waals surface area (Å²) >= 11 is 0. The third kappa shape index (κ3) is 5.62. The third-order valence-corrected chi connectivity index (χ3v) is 4.18. The van der Waals surface area contributed by atoms with Crippen molar-refractivity contribution in [1.82, 2.24) is 4.90 Å². The lowest BCUT2D eigenvalue weighted by Gasteiger charge is -2.25. The van der Waals surface area contributed by atoms with Gasteiger partial charge in [-0.3, -0.25) is 9.59 Å². The Morgan fingerprint density at radius 2 is 1.62 bits per heavy atom. The molecule has 2 aromatic carbocycles. The molecule has 1 amide bonds. The summed E-state index contributed by atoms with van der Waals surface area (Å²) in [6, 6.07) is 17.2. The summed E-state index contributed by atoms with van der Waals surface area (Å²) < 4.78 is 9.94. The minimum atomic E-state index is -0.386. The quantitative estimate of drug-likeness (QED) is 0.683. The van der Waals surface area contributed by atoms with E-state index in [1.807, 2.05) is 54.6 Å². The van der Waals surface area contributed by atoms with E-state index in [0.29, 0.717) is 13.1 Å². The van der Waals surface area contributed by atoms with Crippen LogP contribution in [0, 0.1) is 5.92 Å². The van der Waals surface area contributed by atoms with Gasteiger partial charge in [0.1, 0.15) is 5.75 Å². The van der Waals surface area contributed by atoms with Gasteiger partial charge in [0.25, 0.3) is 0 Å². The molecule has 1 atom stereocenters. The highest BCUT2D eigenvalue weighted by molar-refractivity contribution is 5.80. The SMILES string of the molecule is COC(=O)C(C)CN(Cc1ccccc1)C(=O)Cc1ccc(OC)cc1. The Bertz CT molecular complexity index is 713. The summed E-state index contributed by atoms with van der Waals surface area (Å²) in [7, 11) is 2.97. The zero-order valence-corrected chi connectivity index (χ0v) is 15.5. The van der Waals surface area contributed by atoms with Gasteiger partial charge in [-0.25, -0.2) is 0 Å². The minimum Gasteiger partial charge on any atom is -0.497 e.